The molecule has 3 aromatic carbocycles. The SMILES string of the molecule is COc1ccc2[nH]c(C)c(CCN(Cc3cc(OC)c(OC)c(OC)c3)C(=O)c3ccc(O)c(O)c3O)c2c1. The fourth-order valence-electron chi connectivity index (χ4n) is 4.67. The number of phenolic OH excluding ortho intramolecular Hbond substituents is 3. The first-order valence-corrected chi connectivity index (χ1v) is 12.2. The molecule has 0 saturated carbocycles. The Hall–Kier alpha value is -4.73. The second kappa shape index (κ2) is 11.3. The molecule has 4 N–H and O–H groups in total. The van der Waals surface area contributed by atoms with E-state index in [0.29, 0.717) is 29.2 Å². The molecule has 39 heavy (non-hydrogen) atoms. The average molecular weight is 537 g/mol. The number of fused-ring (bicyclic) bond motifs is 1. The summed E-state index contributed by atoms with van der Waals surface area (Å²) < 4.78 is 21.8. The van der Waals surface area contributed by atoms with E-state index in [1.807, 2.05) is 25.1 Å². The third kappa shape index (κ3) is 5.31. The highest BCUT2D eigenvalue weighted by Gasteiger charge is 2.25. The van der Waals surface area contributed by atoms with Crippen molar-refractivity contribution in [1.82, 2.24) is 9.88 Å². The van der Waals surface area contributed by atoms with Crippen molar-refractivity contribution in [3.8, 4) is 40.2 Å². The molecule has 10 nitrogen and oxygen atoms in total. The monoisotopic (exact) mass is 536 g/mol. The maximum absolute atomic E-state index is 13.7. The van der Waals surface area contributed by atoms with Crippen LogP contribution in [-0.4, -0.2) is 66.1 Å². The number of carbonyl (C=O) groups excluding carboxylic acids is 1. The average Bonchev–Trinajstić information content (AvgIpc) is 3.26. The lowest BCUT2D eigenvalue weighted by atomic mass is 10.1. The van der Waals surface area contributed by atoms with E-state index < -0.39 is 23.2 Å². The second-order valence-electron chi connectivity index (χ2n) is 8.98. The lowest BCUT2D eigenvalue weighted by Crippen LogP contribution is -2.32. The molecule has 1 heterocycles. The minimum atomic E-state index is -0.756. The molecule has 10 heteroatoms. The van der Waals surface area contributed by atoms with Gasteiger partial charge in [0.25, 0.3) is 5.91 Å². The molecular weight excluding hydrogens is 504 g/mol. The number of aromatic nitrogens is 1. The topological polar surface area (TPSA) is 134 Å². The number of carbonyl (C=O) groups is 1. The fraction of sp³-hybridized carbons (Fsp3) is 0.276. The number of aromatic hydroxyl groups is 3. The molecule has 0 aliphatic carbocycles. The van der Waals surface area contributed by atoms with Gasteiger partial charge in [-0.2, -0.15) is 0 Å². The maximum atomic E-state index is 13.7. The van der Waals surface area contributed by atoms with Gasteiger partial charge in [0.1, 0.15) is 5.75 Å². The molecule has 0 spiro atoms. The minimum absolute atomic E-state index is 0.126. The number of hydrogen-bond acceptors (Lipinski definition) is 8. The minimum Gasteiger partial charge on any atom is -0.504 e. The fourth-order valence-corrected chi connectivity index (χ4v) is 4.67. The third-order valence-electron chi connectivity index (χ3n) is 6.70. The Balaban J connectivity index is 1.73. The Morgan fingerprint density at radius 3 is 2.18 bits per heavy atom. The number of aryl methyl sites for hydroxylation is 1. The van der Waals surface area contributed by atoms with E-state index in [2.05, 4.69) is 4.98 Å². The summed E-state index contributed by atoms with van der Waals surface area (Å²) in [5, 5.41) is 31.3. The highest BCUT2D eigenvalue weighted by atomic mass is 16.5. The summed E-state index contributed by atoms with van der Waals surface area (Å²) in [5.41, 5.74) is 3.48. The molecule has 0 aliphatic rings. The number of rotatable bonds is 10. The van der Waals surface area contributed by atoms with E-state index in [-0.39, 0.29) is 18.7 Å². The van der Waals surface area contributed by atoms with Crippen LogP contribution in [0.3, 0.4) is 0 Å². The van der Waals surface area contributed by atoms with E-state index >= 15 is 0 Å². The van der Waals surface area contributed by atoms with Crippen LogP contribution in [0.25, 0.3) is 10.9 Å². The summed E-state index contributed by atoms with van der Waals surface area (Å²) in [6, 6.07) is 11.7. The number of benzene rings is 3. The van der Waals surface area contributed by atoms with Gasteiger partial charge in [-0.25, -0.2) is 0 Å². The molecule has 4 rings (SSSR count). The number of aromatic amines is 1. The van der Waals surface area contributed by atoms with Crippen LogP contribution in [0.15, 0.2) is 42.5 Å². The van der Waals surface area contributed by atoms with Crippen molar-refractivity contribution >= 4 is 16.8 Å². The lowest BCUT2D eigenvalue weighted by molar-refractivity contribution is 0.0741. The number of methoxy groups -OCH3 is 4. The predicted molar refractivity (Wildman–Crippen MR) is 146 cm³/mol. The first-order chi connectivity index (χ1) is 18.7. The van der Waals surface area contributed by atoms with Crippen LogP contribution in [0.2, 0.25) is 0 Å². The van der Waals surface area contributed by atoms with Gasteiger partial charge >= 0.3 is 0 Å². The quantitative estimate of drug-likeness (QED) is 0.218. The van der Waals surface area contributed by atoms with Crippen molar-refractivity contribution in [2.75, 3.05) is 35.0 Å². The van der Waals surface area contributed by atoms with E-state index in [0.717, 1.165) is 34.0 Å². The molecule has 0 radical (unpaired) electrons. The Morgan fingerprint density at radius 2 is 1.56 bits per heavy atom. The van der Waals surface area contributed by atoms with Crippen LogP contribution in [0, 0.1) is 6.92 Å². The molecule has 1 amide bonds. The highest BCUT2D eigenvalue weighted by molar-refractivity contribution is 5.98. The summed E-state index contributed by atoms with van der Waals surface area (Å²) in [7, 11) is 6.14. The van der Waals surface area contributed by atoms with Crippen molar-refractivity contribution in [1.29, 1.82) is 0 Å². The van der Waals surface area contributed by atoms with Crippen molar-refractivity contribution in [2.45, 2.75) is 19.9 Å². The van der Waals surface area contributed by atoms with E-state index in [9.17, 15) is 20.1 Å². The number of phenols is 3. The molecule has 4 aromatic rings. The summed E-state index contributed by atoms with van der Waals surface area (Å²) in [6.07, 6.45) is 0.486. The molecule has 0 fully saturated rings. The van der Waals surface area contributed by atoms with Gasteiger partial charge in [-0.3, -0.25) is 4.79 Å². The number of hydrogen-bond donors (Lipinski definition) is 4. The Kier molecular flexibility index (Phi) is 7.94. The van der Waals surface area contributed by atoms with Crippen LogP contribution < -0.4 is 18.9 Å². The van der Waals surface area contributed by atoms with Gasteiger partial charge in [-0.05, 0) is 66.9 Å². The zero-order chi connectivity index (χ0) is 28.3. The third-order valence-corrected chi connectivity index (χ3v) is 6.70. The molecular formula is C29H32N2O8. The van der Waals surface area contributed by atoms with Gasteiger partial charge in [0.2, 0.25) is 11.5 Å². The lowest BCUT2D eigenvalue weighted by Gasteiger charge is -2.25. The van der Waals surface area contributed by atoms with Crippen LogP contribution in [0.5, 0.6) is 40.2 Å². The van der Waals surface area contributed by atoms with Crippen LogP contribution in [-0.2, 0) is 13.0 Å². The van der Waals surface area contributed by atoms with Gasteiger partial charge in [-0.1, -0.05) is 0 Å². The molecule has 0 aliphatic heterocycles. The zero-order valence-corrected chi connectivity index (χ0v) is 22.5. The molecule has 1 aromatic heterocycles. The van der Waals surface area contributed by atoms with Gasteiger partial charge in [-0.15, -0.1) is 0 Å². The first kappa shape index (κ1) is 27.3. The summed E-state index contributed by atoms with van der Waals surface area (Å²) >= 11 is 0. The molecule has 0 bridgehead atoms. The van der Waals surface area contributed by atoms with Crippen molar-refractivity contribution < 1.29 is 39.1 Å². The van der Waals surface area contributed by atoms with E-state index in [1.165, 1.54) is 27.4 Å². The molecule has 0 unspecified atom stereocenters. The van der Waals surface area contributed by atoms with Crippen LogP contribution in [0.4, 0.5) is 0 Å². The van der Waals surface area contributed by atoms with Crippen molar-refractivity contribution in [3.05, 3.63) is 64.8 Å². The largest absolute Gasteiger partial charge is 0.504 e. The summed E-state index contributed by atoms with van der Waals surface area (Å²) in [6.45, 7) is 2.36. The van der Waals surface area contributed by atoms with Crippen molar-refractivity contribution in [2.24, 2.45) is 0 Å². The highest BCUT2D eigenvalue weighted by Crippen LogP contribution is 2.40. The number of ether oxygens (including phenoxy) is 4. The standard InChI is InChI=1S/C29H32N2O8/c1-16-19(21-14-18(36-2)6-8-22(21)30-16)10-11-31(29(35)20-7-9-23(32)27(34)26(20)33)15-17-12-24(37-3)28(39-5)25(13-17)38-4/h6-9,12-14,30,32-34H,10-11,15H2,1-5H3. The van der Waals surface area contributed by atoms with Crippen LogP contribution >= 0.6 is 0 Å². The van der Waals surface area contributed by atoms with Gasteiger partial charge in [0.05, 0.1) is 34.0 Å². The summed E-state index contributed by atoms with van der Waals surface area (Å²) in [4.78, 5) is 18.7. The Bertz CT molecular complexity index is 1490. The molecule has 206 valence electrons. The second-order valence-corrected chi connectivity index (χ2v) is 8.98. The predicted octanol–water partition coefficient (Wildman–Crippen LogP) is 4.51. The zero-order valence-electron chi connectivity index (χ0n) is 22.5. The van der Waals surface area contributed by atoms with Crippen LogP contribution in [0.1, 0.15) is 27.2 Å². The first-order valence-electron chi connectivity index (χ1n) is 12.2. The van der Waals surface area contributed by atoms with Crippen molar-refractivity contribution in [3.63, 3.8) is 0 Å². The molecule has 0 atom stereocenters. The van der Waals surface area contributed by atoms with Gasteiger partial charge in [0.15, 0.2) is 23.0 Å². The number of nitrogens with one attached hydrogen (secondary N) is 1. The number of H-pyrrole nitrogens is 1. The smallest absolute Gasteiger partial charge is 0.258 e. The number of nitrogens with zero attached hydrogens (tertiary/aromatic N) is 1. The van der Waals surface area contributed by atoms with Gasteiger partial charge < -0.3 is 44.2 Å². The Morgan fingerprint density at radius 1 is 0.872 bits per heavy atom. The van der Waals surface area contributed by atoms with E-state index in [4.69, 9.17) is 18.9 Å². The normalized spacial score (nSPS) is 10.9. The summed E-state index contributed by atoms with van der Waals surface area (Å²) in [5.74, 6) is -0.497. The molecule has 0 saturated heterocycles. The van der Waals surface area contributed by atoms with E-state index in [1.54, 1.807) is 24.1 Å². The van der Waals surface area contributed by atoms with Gasteiger partial charge in [0, 0.05) is 29.7 Å². The Labute approximate surface area is 225 Å². The number of amides is 1. The maximum Gasteiger partial charge on any atom is 0.258 e.